The van der Waals surface area contributed by atoms with Gasteiger partial charge in [-0.05, 0) is 85.7 Å². The number of benzene rings is 2. The molecular weight excluding hydrogens is 338 g/mol. The quantitative estimate of drug-likeness (QED) is 0.418. The fourth-order valence-electron chi connectivity index (χ4n) is 4.15. The van der Waals surface area contributed by atoms with Crippen molar-refractivity contribution in [2.75, 3.05) is 7.11 Å². The summed E-state index contributed by atoms with van der Waals surface area (Å²) >= 11 is 1.88. The standard InChI is InChI=1S/C23H21NOS/c1-14-11-17(25-2)7-8-18(14)22-23-19(9-10-24-22)20-12-15-5-3-4-6-16(15)13-21(20)26-23/h7-13H,3-6H2,1-2H3. The average Bonchev–Trinajstić information content (AvgIpc) is 3.04. The highest BCUT2D eigenvalue weighted by Gasteiger charge is 2.16. The lowest BCUT2D eigenvalue weighted by Crippen LogP contribution is -2.01. The zero-order chi connectivity index (χ0) is 17.7. The van der Waals surface area contributed by atoms with Gasteiger partial charge in [-0.15, -0.1) is 11.3 Å². The number of thiophene rings is 1. The van der Waals surface area contributed by atoms with Crippen molar-refractivity contribution in [3.63, 3.8) is 0 Å². The second kappa shape index (κ2) is 6.10. The summed E-state index contributed by atoms with van der Waals surface area (Å²) in [5.41, 5.74) is 6.56. The third-order valence-corrected chi connectivity index (χ3v) is 6.71. The largest absolute Gasteiger partial charge is 0.497 e. The Balaban J connectivity index is 1.77. The van der Waals surface area contributed by atoms with Gasteiger partial charge in [0.25, 0.3) is 0 Å². The molecule has 0 atom stereocenters. The molecule has 0 spiro atoms. The maximum absolute atomic E-state index is 5.36. The van der Waals surface area contributed by atoms with Gasteiger partial charge in [0.15, 0.2) is 0 Å². The second-order valence-electron chi connectivity index (χ2n) is 7.14. The number of fused-ring (bicyclic) bond motifs is 4. The molecule has 0 fully saturated rings. The number of pyridine rings is 1. The molecule has 0 aliphatic heterocycles. The van der Waals surface area contributed by atoms with Crippen LogP contribution >= 0.6 is 11.3 Å². The molecular formula is C23H21NOS. The van der Waals surface area contributed by atoms with E-state index in [0.717, 1.165) is 11.4 Å². The van der Waals surface area contributed by atoms with Gasteiger partial charge in [-0.25, -0.2) is 0 Å². The van der Waals surface area contributed by atoms with Gasteiger partial charge in [0.05, 0.1) is 17.5 Å². The smallest absolute Gasteiger partial charge is 0.119 e. The molecule has 4 aromatic rings. The first-order valence-corrected chi connectivity index (χ1v) is 10.0. The minimum atomic E-state index is 0.891. The lowest BCUT2D eigenvalue weighted by Gasteiger charge is -2.15. The molecule has 2 heterocycles. The highest BCUT2D eigenvalue weighted by molar-refractivity contribution is 7.26. The minimum Gasteiger partial charge on any atom is -0.497 e. The molecule has 0 saturated carbocycles. The molecule has 2 nitrogen and oxygen atoms in total. The van der Waals surface area contributed by atoms with Crippen LogP contribution in [0.5, 0.6) is 5.75 Å². The van der Waals surface area contributed by atoms with E-state index in [0.29, 0.717) is 0 Å². The molecule has 3 heteroatoms. The molecule has 26 heavy (non-hydrogen) atoms. The van der Waals surface area contributed by atoms with Gasteiger partial charge < -0.3 is 4.74 Å². The predicted molar refractivity (Wildman–Crippen MR) is 110 cm³/mol. The number of ether oxygens (including phenoxy) is 1. The third kappa shape index (κ3) is 2.42. The molecule has 0 N–H and O–H groups in total. The van der Waals surface area contributed by atoms with Gasteiger partial charge in [-0.2, -0.15) is 0 Å². The summed E-state index contributed by atoms with van der Waals surface area (Å²) in [7, 11) is 1.71. The highest BCUT2D eigenvalue weighted by atomic mass is 32.1. The lowest BCUT2D eigenvalue weighted by atomic mass is 9.90. The van der Waals surface area contributed by atoms with E-state index in [-0.39, 0.29) is 0 Å². The molecule has 0 saturated heterocycles. The molecule has 0 bridgehead atoms. The van der Waals surface area contributed by atoms with E-state index in [9.17, 15) is 0 Å². The van der Waals surface area contributed by atoms with Crippen molar-refractivity contribution < 1.29 is 4.74 Å². The van der Waals surface area contributed by atoms with Crippen molar-refractivity contribution in [3.8, 4) is 17.0 Å². The topological polar surface area (TPSA) is 22.1 Å². The molecule has 2 aromatic carbocycles. The average molecular weight is 359 g/mol. The van der Waals surface area contributed by atoms with Crippen molar-refractivity contribution in [3.05, 3.63) is 59.3 Å². The fraction of sp³-hybridized carbons (Fsp3) is 0.261. The predicted octanol–water partition coefficient (Wildman–Crippen LogP) is 6.31. The summed E-state index contributed by atoms with van der Waals surface area (Å²) in [6, 6.07) is 13.3. The Labute approximate surface area is 157 Å². The van der Waals surface area contributed by atoms with Gasteiger partial charge >= 0.3 is 0 Å². The van der Waals surface area contributed by atoms with Gasteiger partial charge in [-0.1, -0.05) is 0 Å². The normalized spacial score (nSPS) is 13.9. The maximum Gasteiger partial charge on any atom is 0.119 e. The van der Waals surface area contributed by atoms with Crippen LogP contribution in [0, 0.1) is 6.92 Å². The summed E-state index contributed by atoms with van der Waals surface area (Å²) < 4.78 is 8.04. The number of hydrogen-bond acceptors (Lipinski definition) is 3. The van der Waals surface area contributed by atoms with Crippen LogP contribution < -0.4 is 4.74 Å². The van der Waals surface area contributed by atoms with E-state index < -0.39 is 0 Å². The molecule has 1 aliphatic carbocycles. The van der Waals surface area contributed by atoms with Crippen LogP contribution in [0.25, 0.3) is 31.4 Å². The Bertz CT molecular complexity index is 1140. The summed E-state index contributed by atoms with van der Waals surface area (Å²) in [5, 5.41) is 2.72. The Hall–Kier alpha value is -2.39. The molecule has 0 amide bonds. The van der Waals surface area contributed by atoms with Crippen molar-refractivity contribution in [1.29, 1.82) is 0 Å². The van der Waals surface area contributed by atoms with E-state index >= 15 is 0 Å². The SMILES string of the molecule is COc1ccc(-c2nccc3c2sc2cc4c(cc23)CCCC4)c(C)c1. The van der Waals surface area contributed by atoms with Crippen molar-refractivity contribution >= 4 is 31.5 Å². The van der Waals surface area contributed by atoms with E-state index in [2.05, 4.69) is 37.3 Å². The van der Waals surface area contributed by atoms with Crippen molar-refractivity contribution in [2.24, 2.45) is 0 Å². The third-order valence-electron chi connectivity index (χ3n) is 5.54. The Morgan fingerprint density at radius 1 is 0.962 bits per heavy atom. The van der Waals surface area contributed by atoms with Gasteiger partial charge in [-0.3, -0.25) is 4.98 Å². The number of aromatic nitrogens is 1. The fourth-order valence-corrected chi connectivity index (χ4v) is 5.40. The number of aryl methyl sites for hydroxylation is 3. The van der Waals surface area contributed by atoms with Crippen LogP contribution in [0.1, 0.15) is 29.5 Å². The van der Waals surface area contributed by atoms with E-state index in [1.807, 2.05) is 23.6 Å². The van der Waals surface area contributed by atoms with Gasteiger partial charge in [0.1, 0.15) is 5.75 Å². The zero-order valence-corrected chi connectivity index (χ0v) is 16.0. The van der Waals surface area contributed by atoms with E-state index in [4.69, 9.17) is 9.72 Å². The van der Waals surface area contributed by atoms with Crippen LogP contribution in [-0.4, -0.2) is 12.1 Å². The summed E-state index contributed by atoms with van der Waals surface area (Å²) in [6.07, 6.45) is 7.03. The van der Waals surface area contributed by atoms with Crippen LogP contribution in [0.2, 0.25) is 0 Å². The zero-order valence-electron chi connectivity index (χ0n) is 15.1. The molecule has 1 aliphatic rings. The van der Waals surface area contributed by atoms with Crippen molar-refractivity contribution in [2.45, 2.75) is 32.6 Å². The van der Waals surface area contributed by atoms with E-state index in [1.165, 1.54) is 57.0 Å². The number of rotatable bonds is 2. The first-order chi connectivity index (χ1) is 12.7. The molecule has 130 valence electrons. The van der Waals surface area contributed by atoms with Crippen LogP contribution in [0.15, 0.2) is 42.6 Å². The lowest BCUT2D eigenvalue weighted by molar-refractivity contribution is 0.414. The Morgan fingerprint density at radius 3 is 2.54 bits per heavy atom. The minimum absolute atomic E-state index is 0.891. The molecule has 2 aromatic heterocycles. The first-order valence-electron chi connectivity index (χ1n) is 9.22. The Morgan fingerprint density at radius 2 is 1.77 bits per heavy atom. The van der Waals surface area contributed by atoms with Crippen LogP contribution in [0.4, 0.5) is 0 Å². The first kappa shape index (κ1) is 15.8. The number of methoxy groups -OCH3 is 1. The summed E-state index contributed by atoms with van der Waals surface area (Å²) in [6.45, 7) is 2.13. The second-order valence-corrected chi connectivity index (χ2v) is 8.20. The monoisotopic (exact) mass is 359 g/mol. The molecule has 0 unspecified atom stereocenters. The van der Waals surface area contributed by atoms with Crippen LogP contribution in [0.3, 0.4) is 0 Å². The van der Waals surface area contributed by atoms with Crippen molar-refractivity contribution in [1.82, 2.24) is 4.98 Å². The van der Waals surface area contributed by atoms with Gasteiger partial charge in [0.2, 0.25) is 0 Å². The summed E-state index contributed by atoms with van der Waals surface area (Å²) in [4.78, 5) is 4.76. The Kier molecular flexibility index (Phi) is 3.71. The van der Waals surface area contributed by atoms with Gasteiger partial charge in [0, 0.05) is 27.2 Å². The molecule has 5 rings (SSSR count). The highest BCUT2D eigenvalue weighted by Crippen LogP contribution is 2.41. The number of nitrogens with zero attached hydrogens (tertiary/aromatic N) is 1. The van der Waals surface area contributed by atoms with Crippen LogP contribution in [-0.2, 0) is 12.8 Å². The maximum atomic E-state index is 5.36. The van der Waals surface area contributed by atoms with E-state index in [1.54, 1.807) is 18.2 Å². The molecule has 0 radical (unpaired) electrons. The number of hydrogen-bond donors (Lipinski definition) is 0. The summed E-state index contributed by atoms with van der Waals surface area (Å²) in [5.74, 6) is 0.891.